The second-order valence-electron chi connectivity index (χ2n) is 6.38. The summed E-state index contributed by atoms with van der Waals surface area (Å²) in [6.45, 7) is 10.7. The molecular formula is C16H26N2O2. The van der Waals surface area contributed by atoms with Crippen molar-refractivity contribution in [3.8, 4) is 0 Å². The van der Waals surface area contributed by atoms with Crippen LogP contribution in [0.25, 0.3) is 0 Å². The van der Waals surface area contributed by atoms with Gasteiger partial charge in [0.05, 0.1) is 4.92 Å². The molecule has 1 rings (SSSR count). The summed E-state index contributed by atoms with van der Waals surface area (Å²) in [6, 6.07) is 5.50. The van der Waals surface area contributed by atoms with E-state index in [1.54, 1.807) is 12.1 Å². The number of hydrogen-bond donors (Lipinski definition) is 1. The molecule has 1 aromatic carbocycles. The minimum Gasteiger partial charge on any atom is -0.377 e. The zero-order valence-corrected chi connectivity index (χ0v) is 13.1. The van der Waals surface area contributed by atoms with E-state index >= 15 is 0 Å². The highest BCUT2D eigenvalue weighted by molar-refractivity contribution is 5.63. The molecule has 0 unspecified atom stereocenters. The molecular weight excluding hydrogens is 252 g/mol. The fraction of sp³-hybridized carbons (Fsp3) is 0.625. The number of nitrogens with one attached hydrogen (secondary N) is 1. The highest BCUT2D eigenvalue weighted by atomic mass is 16.6. The third kappa shape index (κ3) is 5.19. The monoisotopic (exact) mass is 278 g/mol. The molecule has 0 spiro atoms. The zero-order chi connectivity index (χ0) is 15.3. The van der Waals surface area contributed by atoms with Gasteiger partial charge in [-0.15, -0.1) is 0 Å². The number of nitro groups is 1. The molecule has 4 heteroatoms. The molecule has 0 radical (unpaired) electrons. The Labute approximate surface area is 121 Å². The first-order chi connectivity index (χ1) is 9.29. The Morgan fingerprint density at radius 3 is 2.15 bits per heavy atom. The minimum atomic E-state index is -0.316. The topological polar surface area (TPSA) is 55.2 Å². The predicted octanol–water partition coefficient (Wildman–Crippen LogP) is 4.78. The number of nitro benzene ring substituents is 1. The number of hydrogen-bond acceptors (Lipinski definition) is 3. The summed E-state index contributed by atoms with van der Waals surface area (Å²) in [5.74, 6) is 1.13. The summed E-state index contributed by atoms with van der Waals surface area (Å²) < 4.78 is 0. The Balaban J connectivity index is 2.96. The van der Waals surface area contributed by atoms with Crippen molar-refractivity contribution in [2.24, 2.45) is 11.8 Å². The number of rotatable bonds is 7. The molecule has 0 fully saturated rings. The summed E-state index contributed by atoms with van der Waals surface area (Å²) in [7, 11) is 0. The Morgan fingerprint density at radius 2 is 1.70 bits per heavy atom. The SMILES string of the molecule is Cc1ccc([N+](=O)[O-])c(NC(CC(C)C)CC(C)C)c1. The van der Waals surface area contributed by atoms with Crippen molar-refractivity contribution in [1.29, 1.82) is 0 Å². The van der Waals surface area contributed by atoms with Crippen molar-refractivity contribution in [2.45, 2.75) is 53.5 Å². The molecule has 0 heterocycles. The van der Waals surface area contributed by atoms with Crippen LogP contribution < -0.4 is 5.32 Å². The highest BCUT2D eigenvalue weighted by Gasteiger charge is 2.19. The molecule has 1 aromatic rings. The van der Waals surface area contributed by atoms with Crippen LogP contribution in [0.1, 0.15) is 46.1 Å². The first-order valence-corrected chi connectivity index (χ1v) is 7.31. The smallest absolute Gasteiger partial charge is 0.292 e. The third-order valence-corrected chi connectivity index (χ3v) is 3.22. The van der Waals surface area contributed by atoms with Crippen molar-refractivity contribution < 1.29 is 4.92 Å². The molecule has 0 aliphatic rings. The molecule has 0 aliphatic carbocycles. The van der Waals surface area contributed by atoms with Crippen LogP contribution in [0.5, 0.6) is 0 Å². The lowest BCUT2D eigenvalue weighted by Crippen LogP contribution is -2.24. The van der Waals surface area contributed by atoms with E-state index < -0.39 is 0 Å². The first-order valence-electron chi connectivity index (χ1n) is 7.31. The Morgan fingerprint density at radius 1 is 1.15 bits per heavy atom. The molecule has 0 aromatic heterocycles. The molecule has 0 saturated carbocycles. The fourth-order valence-electron chi connectivity index (χ4n) is 2.50. The summed E-state index contributed by atoms with van der Waals surface area (Å²) in [5, 5.41) is 14.5. The molecule has 1 N–H and O–H groups in total. The zero-order valence-electron chi connectivity index (χ0n) is 13.1. The Bertz CT molecular complexity index is 446. The quantitative estimate of drug-likeness (QED) is 0.577. The van der Waals surface area contributed by atoms with E-state index in [0.29, 0.717) is 17.5 Å². The second-order valence-corrected chi connectivity index (χ2v) is 6.38. The van der Waals surface area contributed by atoms with E-state index in [4.69, 9.17) is 0 Å². The molecule has 0 atom stereocenters. The van der Waals surface area contributed by atoms with Crippen molar-refractivity contribution in [3.05, 3.63) is 33.9 Å². The van der Waals surface area contributed by atoms with Gasteiger partial charge in [-0.2, -0.15) is 0 Å². The van der Waals surface area contributed by atoms with Crippen LogP contribution in [0, 0.1) is 28.9 Å². The average molecular weight is 278 g/mol. The van der Waals surface area contributed by atoms with Gasteiger partial charge in [0.25, 0.3) is 5.69 Å². The number of benzene rings is 1. The van der Waals surface area contributed by atoms with Crippen LogP contribution in [0.4, 0.5) is 11.4 Å². The normalized spacial score (nSPS) is 11.4. The average Bonchev–Trinajstić information content (AvgIpc) is 2.26. The maximum atomic E-state index is 11.1. The maximum Gasteiger partial charge on any atom is 0.292 e. The van der Waals surface area contributed by atoms with Gasteiger partial charge >= 0.3 is 0 Å². The van der Waals surface area contributed by atoms with Gasteiger partial charge in [-0.1, -0.05) is 33.8 Å². The van der Waals surface area contributed by atoms with Gasteiger partial charge in [0, 0.05) is 12.1 Å². The first kappa shape index (κ1) is 16.5. The Kier molecular flexibility index (Phi) is 5.99. The lowest BCUT2D eigenvalue weighted by Gasteiger charge is -2.23. The molecule has 0 aliphatic heterocycles. The largest absolute Gasteiger partial charge is 0.377 e. The predicted molar refractivity (Wildman–Crippen MR) is 84.2 cm³/mol. The molecule has 4 nitrogen and oxygen atoms in total. The second kappa shape index (κ2) is 7.27. The summed E-state index contributed by atoms with van der Waals surface area (Å²) >= 11 is 0. The standard InChI is InChI=1S/C16H26N2O2/c1-11(2)8-14(9-12(3)4)17-15-10-13(5)6-7-16(15)18(19)20/h6-7,10-12,14,17H,8-9H2,1-5H3. The van der Waals surface area contributed by atoms with Crippen molar-refractivity contribution in [2.75, 3.05) is 5.32 Å². The van der Waals surface area contributed by atoms with Gasteiger partial charge in [0.15, 0.2) is 0 Å². The number of nitrogens with zero attached hydrogens (tertiary/aromatic N) is 1. The lowest BCUT2D eigenvalue weighted by molar-refractivity contribution is -0.384. The van der Waals surface area contributed by atoms with Crippen LogP contribution in [0.15, 0.2) is 18.2 Å². The summed E-state index contributed by atoms with van der Waals surface area (Å²) in [4.78, 5) is 10.8. The van der Waals surface area contributed by atoms with Crippen molar-refractivity contribution >= 4 is 11.4 Å². The number of aryl methyl sites for hydroxylation is 1. The Hall–Kier alpha value is -1.58. The van der Waals surface area contributed by atoms with Crippen LogP contribution in [0.3, 0.4) is 0 Å². The van der Waals surface area contributed by atoms with Crippen LogP contribution in [0.2, 0.25) is 0 Å². The highest BCUT2D eigenvalue weighted by Crippen LogP contribution is 2.28. The third-order valence-electron chi connectivity index (χ3n) is 3.22. The van der Waals surface area contributed by atoms with E-state index in [0.717, 1.165) is 18.4 Å². The molecule has 0 amide bonds. The van der Waals surface area contributed by atoms with Crippen LogP contribution in [-0.4, -0.2) is 11.0 Å². The van der Waals surface area contributed by atoms with Gasteiger partial charge in [0.1, 0.15) is 5.69 Å². The lowest BCUT2D eigenvalue weighted by atomic mass is 9.95. The van der Waals surface area contributed by atoms with E-state index in [-0.39, 0.29) is 16.7 Å². The van der Waals surface area contributed by atoms with Gasteiger partial charge in [-0.25, -0.2) is 0 Å². The minimum absolute atomic E-state index is 0.160. The number of anilines is 1. The molecule has 20 heavy (non-hydrogen) atoms. The van der Waals surface area contributed by atoms with E-state index in [1.807, 2.05) is 13.0 Å². The van der Waals surface area contributed by atoms with Crippen molar-refractivity contribution in [3.63, 3.8) is 0 Å². The van der Waals surface area contributed by atoms with Gasteiger partial charge < -0.3 is 5.32 Å². The summed E-state index contributed by atoms with van der Waals surface area (Å²) in [5.41, 5.74) is 1.83. The molecule has 0 saturated heterocycles. The van der Waals surface area contributed by atoms with Gasteiger partial charge in [0.2, 0.25) is 0 Å². The molecule has 0 bridgehead atoms. The van der Waals surface area contributed by atoms with Crippen LogP contribution >= 0.6 is 0 Å². The fourth-order valence-corrected chi connectivity index (χ4v) is 2.50. The van der Waals surface area contributed by atoms with Crippen LogP contribution in [-0.2, 0) is 0 Å². The van der Waals surface area contributed by atoms with E-state index in [2.05, 4.69) is 33.0 Å². The van der Waals surface area contributed by atoms with Crippen molar-refractivity contribution in [1.82, 2.24) is 0 Å². The molecule has 112 valence electrons. The van der Waals surface area contributed by atoms with E-state index in [9.17, 15) is 10.1 Å². The van der Waals surface area contributed by atoms with Gasteiger partial charge in [-0.3, -0.25) is 10.1 Å². The van der Waals surface area contributed by atoms with Gasteiger partial charge in [-0.05, 0) is 43.2 Å². The van der Waals surface area contributed by atoms with E-state index in [1.165, 1.54) is 0 Å². The summed E-state index contributed by atoms with van der Waals surface area (Å²) in [6.07, 6.45) is 2.03. The maximum absolute atomic E-state index is 11.1.